The molecule has 0 saturated carbocycles. The van der Waals surface area contributed by atoms with Crippen LogP contribution in [0.4, 0.5) is 14.4 Å². The molecule has 632 valence electrons. The van der Waals surface area contributed by atoms with Gasteiger partial charge in [0.2, 0.25) is 0 Å². The van der Waals surface area contributed by atoms with E-state index in [9.17, 15) is 75.0 Å². The standard InChI is InChI=1S/C17H30N3O5P.2C15H25N2O4P.C14H23N2O4P.C14H23N2O3PS/c1-5-7-18-10-20-9-11(16(23)19-17(20)24)15-14(22)13(21)12(25-15)6-8-26(2,3)4;2*1-9-10(8-17(2)15(20)16-9)14-13(19)12(18)11(21-14)6-7-22(3,4)5;1-8-9(7-15-14(19)16-8)13-12(18)11(17)10(20-13)5-6-21(2,3)4;1-8-9(7-15-14(21)16-8)13-12(18)11(17)10(19-13)5-6-20(2,3)4/h9,12-15,18,21-22H,2,5-8,10H2,1,3-4H3,(H,19,23,24);2*8,11-14,18-19H,1,3,6-7H2,2,4-5H3,(H,16,20);7,10-13,17-18H,1-2,5-6H2,3-4H3,(H2,15,16,19);7,10-13,17-18H,1-2,5-6H2,3-4H3,(H2,15,16,21)/t12-,13-,14-,15+;2*11-,12-,13-,14+;2*10-,11-,12-,13+/m11111/s1. The summed E-state index contributed by atoms with van der Waals surface area (Å²) in [4.78, 5) is 63.4. The van der Waals surface area contributed by atoms with Crippen LogP contribution in [0.3, 0.4) is 0 Å². The summed E-state index contributed by atoms with van der Waals surface area (Å²) in [6, 6.07) is -0.958. The number of amides is 6. The number of aromatic amines is 1. The number of aliphatic hydroxyl groups is 10. The van der Waals surface area contributed by atoms with E-state index >= 15 is 0 Å². The molecule has 31 nitrogen and oxygen atoms in total. The number of aromatic nitrogens is 2. The summed E-state index contributed by atoms with van der Waals surface area (Å²) in [7, 11) is 3.21. The van der Waals surface area contributed by atoms with Crippen LogP contribution in [0.25, 0.3) is 0 Å². The number of nitrogens with zero attached hydrogens (tertiary/aromatic N) is 3. The lowest BCUT2D eigenvalue weighted by Gasteiger charge is -2.28. The Morgan fingerprint density at radius 1 is 0.438 bits per heavy atom. The van der Waals surface area contributed by atoms with Crippen molar-refractivity contribution in [2.45, 2.75) is 174 Å². The van der Waals surface area contributed by atoms with Crippen molar-refractivity contribution >= 4 is 101 Å². The summed E-state index contributed by atoms with van der Waals surface area (Å²) < 4.78 is 30.5. The molecule has 6 amide bonds. The van der Waals surface area contributed by atoms with Gasteiger partial charge < -0.3 is 116 Å². The molecule has 0 bridgehead atoms. The zero-order valence-corrected chi connectivity index (χ0v) is 72.3. The number of hydrogen-bond acceptors (Lipinski definition) is 22. The van der Waals surface area contributed by atoms with E-state index in [4.69, 9.17) is 35.9 Å². The molecule has 1 aromatic rings. The molecule has 37 heteroatoms. The fraction of sp³-hybridized carbons (Fsp3) is 0.613. The van der Waals surface area contributed by atoms with Gasteiger partial charge in [0.25, 0.3) is 5.56 Å². The fourth-order valence-corrected chi connectivity index (χ4v) is 18.0. The Morgan fingerprint density at radius 2 is 0.732 bits per heavy atom. The molecule has 9 aliphatic rings. The molecule has 112 heavy (non-hydrogen) atoms. The van der Waals surface area contributed by atoms with Gasteiger partial charge in [-0.2, -0.15) is 0 Å². The molecule has 0 aliphatic carbocycles. The first kappa shape index (κ1) is 95.8. The van der Waals surface area contributed by atoms with E-state index in [1.807, 2.05) is 6.92 Å². The average molecular weight is 1690 g/mol. The van der Waals surface area contributed by atoms with Crippen molar-refractivity contribution in [3.05, 3.63) is 129 Å². The molecule has 10 rings (SSSR count). The van der Waals surface area contributed by atoms with Gasteiger partial charge in [-0.3, -0.25) is 19.7 Å². The highest BCUT2D eigenvalue weighted by atomic mass is 32.1. The minimum Gasteiger partial charge on any atom is -0.388 e. The van der Waals surface area contributed by atoms with Crippen LogP contribution in [0.15, 0.2) is 112 Å². The van der Waals surface area contributed by atoms with Gasteiger partial charge in [0.1, 0.15) is 91.6 Å². The van der Waals surface area contributed by atoms with Crippen LogP contribution in [0.1, 0.15) is 57.1 Å². The molecule has 0 spiro atoms. The maximum Gasteiger partial charge on any atom is 0.329 e. The Kier molecular flexibility index (Phi) is 34.6. The Labute approximate surface area is 664 Å². The zero-order valence-electron chi connectivity index (χ0n) is 67.0. The topological polar surface area (TPSA) is 445 Å². The number of hydrogen-bond donors (Lipinski definition) is 18. The van der Waals surface area contributed by atoms with E-state index in [-0.39, 0.29) is 36.4 Å². The van der Waals surface area contributed by atoms with Crippen molar-refractivity contribution < 1.29 is 89.1 Å². The molecule has 0 aromatic carbocycles. The van der Waals surface area contributed by atoms with Gasteiger partial charge in [0.15, 0.2) is 5.11 Å². The second-order valence-corrected chi connectivity index (χ2v) is 55.2. The number of rotatable bonds is 24. The van der Waals surface area contributed by atoms with Gasteiger partial charge in [-0.25, -0.2) is 19.2 Å². The van der Waals surface area contributed by atoms with Gasteiger partial charge in [0, 0.05) is 90.2 Å². The van der Waals surface area contributed by atoms with Crippen LogP contribution < -0.4 is 48.5 Å². The first-order chi connectivity index (χ1) is 51.7. The number of carbonyl (C=O) groups excluding carboxylic acids is 3. The predicted molar refractivity (Wildman–Crippen MR) is 461 cm³/mol. The van der Waals surface area contributed by atoms with Crippen LogP contribution in [0.5, 0.6) is 0 Å². The highest BCUT2D eigenvalue weighted by Gasteiger charge is 2.50. The minimum atomic E-state index is -1.29. The van der Waals surface area contributed by atoms with E-state index in [1.54, 1.807) is 32.7 Å². The molecule has 5 fully saturated rings. The summed E-state index contributed by atoms with van der Waals surface area (Å²) in [5, 5.41) is 122. The summed E-state index contributed by atoms with van der Waals surface area (Å²) in [6.07, 6.45) is 20.9. The lowest BCUT2D eigenvalue weighted by atomic mass is 9.99. The molecule has 20 atom stereocenters. The molecule has 1 aromatic heterocycles. The van der Waals surface area contributed by atoms with Gasteiger partial charge in [-0.05, 0) is 155 Å². The largest absolute Gasteiger partial charge is 0.388 e. The highest BCUT2D eigenvalue weighted by molar-refractivity contribution is 7.80. The molecular weight excluding hydrogens is 1560 g/mol. The lowest BCUT2D eigenvalue weighted by Crippen LogP contribution is -2.42. The van der Waals surface area contributed by atoms with E-state index < -0.39 is 162 Å². The quantitative estimate of drug-likeness (QED) is 0.0398. The minimum absolute atomic E-state index is 0.139. The lowest BCUT2D eigenvalue weighted by molar-refractivity contribution is 0.00492. The van der Waals surface area contributed by atoms with Crippen molar-refractivity contribution in [3.63, 3.8) is 0 Å². The van der Waals surface area contributed by atoms with Gasteiger partial charge in [-0.1, -0.05) is 33.2 Å². The second kappa shape index (κ2) is 40.4. The predicted octanol–water partition coefficient (Wildman–Crippen LogP) is 1.75. The molecule has 10 heterocycles. The van der Waals surface area contributed by atoms with E-state index in [1.165, 1.54) is 26.8 Å². The Morgan fingerprint density at radius 3 is 1.04 bits per heavy atom. The monoisotopic (exact) mass is 1690 g/mol. The van der Waals surface area contributed by atoms with Gasteiger partial charge in [-0.15, -0.1) is 65.9 Å². The first-order valence-electron chi connectivity index (χ1n) is 37.0. The SMILES string of the molecule is C=C1NC(=O)N(C)C=C1[C@@H]1O[C@H](CCP(=C)(C)C)[C@@H](O)[C@H]1O.C=C1NC(=O)N(C)C=C1[C@@H]1O[C@H](CCP(=C)(C)C)[C@@H](O)[C@H]1O.C=C1NC(=O)NC=C1[C@@H]1O[C@H](CCP(=C)(C)C)[C@@H](O)[C@H]1O.C=C1NC(=S)NC=C1[C@@H]1O[C@H](CCP(=C)(C)C)[C@@H](O)[C@H]1O.C=P(C)(C)CC[C@H]1O[C@@H](c2cn(CNCCC)c(=O)[nH]c2=O)[C@H](O)[C@@H]1O. The third-order valence-corrected chi connectivity index (χ3v) is 27.2. The summed E-state index contributed by atoms with van der Waals surface area (Å²) in [6.45, 7) is 33.3. The average Bonchev–Trinajstić information content (AvgIpc) is 1.63. The number of ether oxygens (including phenoxy) is 5. The van der Waals surface area contributed by atoms with Crippen molar-refractivity contribution in [3.8, 4) is 0 Å². The molecule has 5 saturated heterocycles. The summed E-state index contributed by atoms with van der Waals surface area (Å²) in [5.74, 6) is 0. The Balaban J connectivity index is 0.000000219. The maximum absolute atomic E-state index is 12.2. The smallest absolute Gasteiger partial charge is 0.329 e. The third kappa shape index (κ3) is 27.3. The van der Waals surface area contributed by atoms with Crippen molar-refractivity contribution in [2.75, 3.05) is 118 Å². The number of urea groups is 3. The third-order valence-electron chi connectivity index (χ3n) is 19.6. The van der Waals surface area contributed by atoms with Crippen molar-refractivity contribution in [2.24, 2.45) is 0 Å². The number of nitrogens with one attached hydrogen (secondary N) is 8. The zero-order chi connectivity index (χ0) is 84.4. The number of aliphatic hydroxyl groups excluding tert-OH is 10. The van der Waals surface area contributed by atoms with Crippen molar-refractivity contribution in [1.82, 2.24) is 56.6 Å². The maximum atomic E-state index is 12.2. The highest BCUT2D eigenvalue weighted by Crippen LogP contribution is 2.45. The van der Waals surface area contributed by atoms with E-state index in [0.29, 0.717) is 82.3 Å². The fourth-order valence-electron chi connectivity index (χ4n) is 13.0. The number of H-pyrrole nitrogens is 1. The van der Waals surface area contributed by atoms with E-state index in [0.717, 1.165) is 43.8 Å². The van der Waals surface area contributed by atoms with Crippen LogP contribution in [0, 0.1) is 0 Å². The number of carbonyl (C=O) groups is 3. The molecule has 0 unspecified atom stereocenters. The first-order valence-corrected chi connectivity index (χ1v) is 52.7. The number of thiocarbonyl (C=S) groups is 1. The van der Waals surface area contributed by atoms with Crippen LogP contribution >= 0.6 is 46.6 Å². The second-order valence-electron chi connectivity index (χ2n) is 33.2. The molecule has 0 radical (unpaired) electrons. The van der Waals surface area contributed by atoms with Gasteiger partial charge in [0.05, 0.1) is 42.8 Å². The molecule has 9 aliphatic heterocycles. The van der Waals surface area contributed by atoms with Crippen molar-refractivity contribution in [1.29, 1.82) is 0 Å². The summed E-state index contributed by atoms with van der Waals surface area (Å²) >= 11 is 4.99. The Hall–Kier alpha value is -5.04. The molecular formula is C75H126N11O20P5S. The molecule has 18 N–H and O–H groups in total. The van der Waals surface area contributed by atoms with Crippen LogP contribution in [-0.2, 0) is 30.4 Å². The van der Waals surface area contributed by atoms with Crippen LogP contribution in [0.2, 0.25) is 0 Å². The summed E-state index contributed by atoms with van der Waals surface area (Å²) in [5.41, 5.74) is 3.14. The normalized spacial score (nSPS) is 31.6. The van der Waals surface area contributed by atoms with E-state index in [2.05, 4.69) is 167 Å². The van der Waals surface area contributed by atoms with Gasteiger partial charge >= 0.3 is 23.8 Å². The Bertz CT molecular complexity index is 3930. The van der Waals surface area contributed by atoms with Crippen LogP contribution in [-0.4, -0.2) is 359 Å².